The van der Waals surface area contributed by atoms with Crippen molar-refractivity contribution in [3.05, 3.63) is 47.0 Å². The van der Waals surface area contributed by atoms with Crippen molar-refractivity contribution in [3.63, 3.8) is 0 Å². The van der Waals surface area contributed by atoms with Crippen LogP contribution in [-0.2, 0) is 23.0 Å². The number of rotatable bonds is 3. The fraction of sp³-hybridized carbons (Fsp3) is 0.400. The zero-order chi connectivity index (χ0) is 16.8. The predicted octanol–water partition coefficient (Wildman–Crippen LogP) is 2.07. The highest BCUT2D eigenvalue weighted by Crippen LogP contribution is 2.21. The van der Waals surface area contributed by atoms with Crippen LogP contribution in [0.15, 0.2) is 23.2 Å². The van der Waals surface area contributed by atoms with E-state index in [9.17, 15) is 17.2 Å². The first-order valence-electron chi connectivity index (χ1n) is 7.27. The van der Waals surface area contributed by atoms with Gasteiger partial charge in [-0.1, -0.05) is 0 Å². The second-order valence-electron chi connectivity index (χ2n) is 5.84. The molecule has 0 amide bonds. The van der Waals surface area contributed by atoms with Crippen molar-refractivity contribution in [3.8, 4) is 0 Å². The maximum Gasteiger partial charge on any atom is 0.243 e. The minimum atomic E-state index is -4.12. The van der Waals surface area contributed by atoms with E-state index in [0.29, 0.717) is 19.4 Å². The molecule has 2 aromatic rings. The minimum absolute atomic E-state index is 0.0673. The molecule has 23 heavy (non-hydrogen) atoms. The quantitative estimate of drug-likeness (QED) is 0.930. The SMILES string of the molecule is Cc1cn2c(n1)CC[C@H](NS(=O)(=O)c1cc(F)c(C)cc1F)C2. The van der Waals surface area contributed by atoms with Gasteiger partial charge in [0.2, 0.25) is 10.0 Å². The van der Waals surface area contributed by atoms with Gasteiger partial charge in [-0.25, -0.2) is 26.9 Å². The molecule has 2 heterocycles. The summed E-state index contributed by atoms with van der Waals surface area (Å²) in [7, 11) is -4.12. The van der Waals surface area contributed by atoms with Gasteiger partial charge in [-0.2, -0.15) is 0 Å². The Bertz CT molecular complexity index is 862. The van der Waals surface area contributed by atoms with Crippen LogP contribution in [0.5, 0.6) is 0 Å². The molecular formula is C15H17F2N3O2S. The lowest BCUT2D eigenvalue weighted by atomic mass is 10.1. The van der Waals surface area contributed by atoms with Crippen LogP contribution < -0.4 is 4.72 Å². The van der Waals surface area contributed by atoms with Crippen molar-refractivity contribution in [2.45, 2.75) is 44.2 Å². The number of aromatic nitrogens is 2. The van der Waals surface area contributed by atoms with Crippen molar-refractivity contribution >= 4 is 10.0 Å². The van der Waals surface area contributed by atoms with E-state index in [1.165, 1.54) is 6.92 Å². The molecular weight excluding hydrogens is 324 g/mol. The number of fused-ring (bicyclic) bond motifs is 1. The molecule has 0 aliphatic carbocycles. The maximum absolute atomic E-state index is 13.9. The molecule has 3 rings (SSSR count). The van der Waals surface area contributed by atoms with Crippen LogP contribution in [0.3, 0.4) is 0 Å². The molecule has 5 nitrogen and oxygen atoms in total. The van der Waals surface area contributed by atoms with Gasteiger partial charge in [0.05, 0.1) is 5.69 Å². The molecule has 1 atom stereocenters. The standard InChI is InChI=1S/C15H17F2N3O2S/c1-9-5-13(17)14(6-12(9)16)23(21,22)19-11-3-4-15-18-10(2)7-20(15)8-11/h5-7,11,19H,3-4,8H2,1-2H3/t11-/m0/s1. The Morgan fingerprint density at radius 1 is 1.26 bits per heavy atom. The molecule has 1 aliphatic rings. The topological polar surface area (TPSA) is 64.0 Å². The fourth-order valence-corrected chi connectivity index (χ4v) is 4.13. The highest BCUT2D eigenvalue weighted by Gasteiger charge is 2.27. The van der Waals surface area contributed by atoms with E-state index in [1.807, 2.05) is 17.7 Å². The average molecular weight is 341 g/mol. The average Bonchev–Trinajstić information content (AvgIpc) is 2.81. The molecule has 0 spiro atoms. The number of hydrogen-bond acceptors (Lipinski definition) is 3. The van der Waals surface area contributed by atoms with Crippen molar-refractivity contribution in [2.24, 2.45) is 0 Å². The molecule has 0 fully saturated rings. The molecule has 1 aliphatic heterocycles. The first kappa shape index (κ1) is 16.1. The third-order valence-electron chi connectivity index (χ3n) is 3.94. The van der Waals surface area contributed by atoms with Gasteiger partial charge in [-0.15, -0.1) is 0 Å². The van der Waals surface area contributed by atoms with E-state index < -0.39 is 26.6 Å². The number of sulfonamides is 1. The number of aryl methyl sites for hydroxylation is 3. The molecule has 0 bridgehead atoms. The van der Waals surface area contributed by atoms with E-state index >= 15 is 0 Å². The summed E-state index contributed by atoms with van der Waals surface area (Å²) in [6.45, 7) is 3.67. The van der Waals surface area contributed by atoms with Gasteiger partial charge in [-0.05, 0) is 38.0 Å². The Balaban J connectivity index is 1.84. The maximum atomic E-state index is 13.9. The highest BCUT2D eigenvalue weighted by molar-refractivity contribution is 7.89. The van der Waals surface area contributed by atoms with Crippen molar-refractivity contribution in [1.82, 2.24) is 14.3 Å². The molecule has 8 heteroatoms. The van der Waals surface area contributed by atoms with Crippen molar-refractivity contribution < 1.29 is 17.2 Å². The molecule has 0 unspecified atom stereocenters. The van der Waals surface area contributed by atoms with Gasteiger partial charge in [0.15, 0.2) is 0 Å². The van der Waals surface area contributed by atoms with Crippen LogP contribution in [-0.4, -0.2) is 24.0 Å². The Hall–Kier alpha value is -1.80. The van der Waals surface area contributed by atoms with Crippen LogP contribution >= 0.6 is 0 Å². The number of hydrogen-bond donors (Lipinski definition) is 1. The highest BCUT2D eigenvalue weighted by atomic mass is 32.2. The summed E-state index contributed by atoms with van der Waals surface area (Å²) in [6.07, 6.45) is 3.04. The Labute approximate surface area is 133 Å². The number of imidazole rings is 1. The Morgan fingerprint density at radius 2 is 2.00 bits per heavy atom. The van der Waals surface area contributed by atoms with E-state index in [2.05, 4.69) is 9.71 Å². The number of nitrogens with zero attached hydrogens (tertiary/aromatic N) is 2. The summed E-state index contributed by atoms with van der Waals surface area (Å²) in [5.41, 5.74) is 0.938. The van der Waals surface area contributed by atoms with Gasteiger partial charge >= 0.3 is 0 Å². The zero-order valence-electron chi connectivity index (χ0n) is 12.8. The number of nitrogens with one attached hydrogen (secondary N) is 1. The second-order valence-corrected chi connectivity index (χ2v) is 7.52. The van der Waals surface area contributed by atoms with E-state index in [-0.39, 0.29) is 11.6 Å². The summed E-state index contributed by atoms with van der Waals surface area (Å²) >= 11 is 0. The third-order valence-corrected chi connectivity index (χ3v) is 5.47. The van der Waals surface area contributed by atoms with Crippen LogP contribution in [0.4, 0.5) is 8.78 Å². The largest absolute Gasteiger partial charge is 0.333 e. The molecule has 124 valence electrons. The van der Waals surface area contributed by atoms with Crippen molar-refractivity contribution in [2.75, 3.05) is 0 Å². The number of halogens is 2. The van der Waals surface area contributed by atoms with E-state index in [0.717, 1.165) is 23.7 Å². The number of benzene rings is 1. The van der Waals surface area contributed by atoms with Crippen molar-refractivity contribution in [1.29, 1.82) is 0 Å². The summed E-state index contributed by atoms with van der Waals surface area (Å²) in [5.74, 6) is -0.792. The van der Waals surface area contributed by atoms with E-state index in [1.54, 1.807) is 0 Å². The molecule has 1 aromatic heterocycles. The Kier molecular flexibility index (Phi) is 3.97. The van der Waals surface area contributed by atoms with Crippen LogP contribution in [0.2, 0.25) is 0 Å². The first-order chi connectivity index (χ1) is 10.8. The predicted molar refractivity (Wildman–Crippen MR) is 80.5 cm³/mol. The fourth-order valence-electron chi connectivity index (χ4n) is 2.80. The van der Waals surface area contributed by atoms with Gasteiger partial charge in [0.25, 0.3) is 0 Å². The van der Waals surface area contributed by atoms with Crippen LogP contribution in [0.25, 0.3) is 0 Å². The lowest BCUT2D eigenvalue weighted by molar-refractivity contribution is 0.419. The molecule has 0 radical (unpaired) electrons. The summed E-state index contributed by atoms with van der Waals surface area (Å²) in [4.78, 5) is 3.69. The molecule has 1 N–H and O–H groups in total. The van der Waals surface area contributed by atoms with E-state index in [4.69, 9.17) is 0 Å². The minimum Gasteiger partial charge on any atom is -0.333 e. The van der Waals surface area contributed by atoms with Gasteiger partial charge in [0.1, 0.15) is 22.4 Å². The normalized spacial score (nSPS) is 18.0. The lowest BCUT2D eigenvalue weighted by Gasteiger charge is -2.24. The first-order valence-corrected chi connectivity index (χ1v) is 8.75. The Morgan fingerprint density at radius 3 is 2.74 bits per heavy atom. The smallest absolute Gasteiger partial charge is 0.243 e. The molecule has 0 saturated carbocycles. The van der Waals surface area contributed by atoms with Gasteiger partial charge in [0, 0.05) is 25.2 Å². The van der Waals surface area contributed by atoms with Crippen LogP contribution in [0, 0.1) is 25.5 Å². The van der Waals surface area contributed by atoms with Gasteiger partial charge < -0.3 is 4.57 Å². The summed E-state index contributed by atoms with van der Waals surface area (Å²) in [6, 6.07) is 1.23. The van der Waals surface area contributed by atoms with Gasteiger partial charge in [-0.3, -0.25) is 0 Å². The summed E-state index contributed by atoms with van der Waals surface area (Å²) < 4.78 is 56.6. The lowest BCUT2D eigenvalue weighted by Crippen LogP contribution is -2.41. The monoisotopic (exact) mass is 341 g/mol. The zero-order valence-corrected chi connectivity index (χ0v) is 13.6. The third kappa shape index (κ3) is 3.13. The molecule has 0 saturated heterocycles. The second kappa shape index (κ2) is 5.68. The summed E-state index contributed by atoms with van der Waals surface area (Å²) in [5, 5.41) is 0. The molecule has 1 aromatic carbocycles. The van der Waals surface area contributed by atoms with Crippen LogP contribution in [0.1, 0.15) is 23.5 Å².